The smallest absolute Gasteiger partial charge is 0.123 e. The van der Waals surface area contributed by atoms with Crippen molar-refractivity contribution in [2.75, 3.05) is 26.9 Å². The minimum atomic E-state index is -0.428. The lowest BCUT2D eigenvalue weighted by Crippen LogP contribution is -2.50. The van der Waals surface area contributed by atoms with E-state index in [1.807, 2.05) is 19.2 Å². The van der Waals surface area contributed by atoms with Crippen LogP contribution in [0.2, 0.25) is 0 Å². The van der Waals surface area contributed by atoms with E-state index in [1.54, 1.807) is 0 Å². The molecule has 4 heteroatoms. The normalized spacial score (nSPS) is 21.3. The van der Waals surface area contributed by atoms with E-state index in [2.05, 4.69) is 17.5 Å². The lowest BCUT2D eigenvalue weighted by Gasteiger charge is -2.41. The molecule has 1 atom stereocenters. The zero-order valence-electron chi connectivity index (χ0n) is 10.4. The zero-order valence-corrected chi connectivity index (χ0v) is 10.4. The van der Waals surface area contributed by atoms with Crippen LogP contribution in [0.15, 0.2) is 18.2 Å². The molecule has 1 aromatic rings. The van der Waals surface area contributed by atoms with Gasteiger partial charge in [0.15, 0.2) is 0 Å². The molecular weight excluding hydrogens is 228 g/mol. The second-order valence-corrected chi connectivity index (χ2v) is 4.95. The Morgan fingerprint density at radius 1 is 1.44 bits per heavy atom. The average molecular weight is 244 g/mol. The predicted octanol–water partition coefficient (Wildman–Crippen LogP) is 1.42. The van der Waals surface area contributed by atoms with Gasteiger partial charge < -0.3 is 14.8 Å². The van der Waals surface area contributed by atoms with Gasteiger partial charge in [0.25, 0.3) is 0 Å². The van der Waals surface area contributed by atoms with Crippen molar-refractivity contribution in [1.82, 2.24) is 5.32 Å². The number of nitrogens with one attached hydrogen (secondary N) is 1. The third-order valence-corrected chi connectivity index (χ3v) is 3.83. The summed E-state index contributed by atoms with van der Waals surface area (Å²) < 4.78 is 10.7. The number of benzene rings is 1. The molecule has 1 saturated heterocycles. The summed E-state index contributed by atoms with van der Waals surface area (Å²) in [6, 6.07) is 8.63. The van der Waals surface area contributed by atoms with Crippen LogP contribution in [-0.4, -0.2) is 26.9 Å². The molecule has 2 heterocycles. The highest BCUT2D eigenvalue weighted by Crippen LogP contribution is 2.41. The second-order valence-electron chi connectivity index (χ2n) is 4.95. The van der Waals surface area contributed by atoms with Gasteiger partial charge in [0.05, 0.1) is 31.9 Å². The Bertz CT molecular complexity index is 503. The quantitative estimate of drug-likeness (QED) is 0.873. The van der Waals surface area contributed by atoms with Crippen molar-refractivity contribution >= 4 is 0 Å². The zero-order chi connectivity index (χ0) is 12.6. The number of nitrogens with zero attached hydrogens (tertiary/aromatic N) is 1. The van der Waals surface area contributed by atoms with Crippen molar-refractivity contribution < 1.29 is 9.47 Å². The fraction of sp³-hybridized carbons (Fsp3) is 0.500. The Morgan fingerprint density at radius 2 is 2.28 bits per heavy atom. The molecule has 0 saturated carbocycles. The summed E-state index contributed by atoms with van der Waals surface area (Å²) in [6.45, 7) is 1.76. The van der Waals surface area contributed by atoms with Crippen LogP contribution in [0.1, 0.15) is 17.2 Å². The number of ether oxygens (including phenoxy) is 2. The monoisotopic (exact) mass is 244 g/mol. The number of rotatable bonds is 3. The standard InChI is InChI=1S/C14H16N2O2/c1-16-13(14(7-15)8-17-9-14)11-2-3-12-10(6-11)4-5-18-12/h2-3,6,13,16H,4-5,8-9H2,1H3. The summed E-state index contributed by atoms with van der Waals surface area (Å²) >= 11 is 0. The maximum absolute atomic E-state index is 9.40. The summed E-state index contributed by atoms with van der Waals surface area (Å²) in [5, 5.41) is 12.7. The molecule has 0 aromatic heterocycles. The summed E-state index contributed by atoms with van der Waals surface area (Å²) in [6.07, 6.45) is 0.954. The molecule has 1 aromatic carbocycles. The molecule has 94 valence electrons. The van der Waals surface area contributed by atoms with Crippen molar-refractivity contribution in [2.45, 2.75) is 12.5 Å². The first-order valence-electron chi connectivity index (χ1n) is 6.21. The molecule has 1 fully saturated rings. The molecular formula is C14H16N2O2. The molecule has 3 rings (SSSR count). The molecule has 0 aliphatic carbocycles. The van der Waals surface area contributed by atoms with Gasteiger partial charge >= 0.3 is 0 Å². The molecule has 0 radical (unpaired) electrons. The minimum Gasteiger partial charge on any atom is -0.493 e. The number of hydrogen-bond acceptors (Lipinski definition) is 4. The van der Waals surface area contributed by atoms with E-state index in [-0.39, 0.29) is 6.04 Å². The van der Waals surface area contributed by atoms with E-state index in [9.17, 15) is 5.26 Å². The van der Waals surface area contributed by atoms with Gasteiger partial charge in [-0.15, -0.1) is 0 Å². The fourth-order valence-electron chi connectivity index (χ4n) is 2.77. The van der Waals surface area contributed by atoms with E-state index >= 15 is 0 Å². The third-order valence-electron chi connectivity index (χ3n) is 3.83. The van der Waals surface area contributed by atoms with Gasteiger partial charge in [-0.2, -0.15) is 5.26 Å². The molecule has 0 spiro atoms. The summed E-state index contributed by atoms with van der Waals surface area (Å²) in [7, 11) is 1.89. The molecule has 2 aliphatic heterocycles. The van der Waals surface area contributed by atoms with Gasteiger partial charge in [0.2, 0.25) is 0 Å². The van der Waals surface area contributed by atoms with Crippen molar-refractivity contribution in [3.8, 4) is 11.8 Å². The van der Waals surface area contributed by atoms with Gasteiger partial charge in [-0.1, -0.05) is 12.1 Å². The molecule has 4 nitrogen and oxygen atoms in total. The highest BCUT2D eigenvalue weighted by molar-refractivity contribution is 5.42. The lowest BCUT2D eigenvalue weighted by molar-refractivity contribution is -0.0963. The highest BCUT2D eigenvalue weighted by atomic mass is 16.5. The summed E-state index contributed by atoms with van der Waals surface area (Å²) in [5.74, 6) is 0.976. The molecule has 2 aliphatic rings. The van der Waals surface area contributed by atoms with Crippen molar-refractivity contribution in [3.63, 3.8) is 0 Å². The first-order chi connectivity index (χ1) is 8.79. The van der Waals surface area contributed by atoms with Crippen LogP contribution >= 0.6 is 0 Å². The van der Waals surface area contributed by atoms with Crippen LogP contribution in [0.4, 0.5) is 0 Å². The van der Waals surface area contributed by atoms with Gasteiger partial charge in [-0.25, -0.2) is 0 Å². The molecule has 18 heavy (non-hydrogen) atoms. The Hall–Kier alpha value is -1.57. The number of nitriles is 1. The predicted molar refractivity (Wildman–Crippen MR) is 66.3 cm³/mol. The van der Waals surface area contributed by atoms with Gasteiger partial charge in [-0.3, -0.25) is 0 Å². The Morgan fingerprint density at radius 3 is 2.89 bits per heavy atom. The topological polar surface area (TPSA) is 54.3 Å². The number of hydrogen-bond donors (Lipinski definition) is 1. The molecule has 0 amide bonds. The van der Waals surface area contributed by atoms with Gasteiger partial charge in [0, 0.05) is 6.42 Å². The SMILES string of the molecule is CNC(c1ccc2c(c1)CCO2)C1(C#N)COC1. The van der Waals surface area contributed by atoms with Crippen molar-refractivity contribution in [2.24, 2.45) is 5.41 Å². The van der Waals surface area contributed by atoms with E-state index in [4.69, 9.17) is 9.47 Å². The second kappa shape index (κ2) is 4.27. The first-order valence-corrected chi connectivity index (χ1v) is 6.21. The number of fused-ring (bicyclic) bond motifs is 1. The van der Waals surface area contributed by atoms with Crippen LogP contribution < -0.4 is 10.1 Å². The maximum atomic E-state index is 9.40. The van der Waals surface area contributed by atoms with Crippen LogP contribution in [0.5, 0.6) is 5.75 Å². The van der Waals surface area contributed by atoms with Gasteiger partial charge in [0.1, 0.15) is 11.2 Å². The average Bonchev–Trinajstić information content (AvgIpc) is 2.80. The lowest BCUT2D eigenvalue weighted by atomic mass is 9.76. The largest absolute Gasteiger partial charge is 0.493 e. The van der Waals surface area contributed by atoms with E-state index in [0.717, 1.165) is 24.3 Å². The Kier molecular flexibility index (Phi) is 2.73. The summed E-state index contributed by atoms with van der Waals surface area (Å²) in [4.78, 5) is 0. The van der Waals surface area contributed by atoms with E-state index < -0.39 is 5.41 Å². The third kappa shape index (κ3) is 1.59. The summed E-state index contributed by atoms with van der Waals surface area (Å²) in [5.41, 5.74) is 1.95. The van der Waals surface area contributed by atoms with Crippen LogP contribution in [-0.2, 0) is 11.2 Å². The Balaban J connectivity index is 1.95. The van der Waals surface area contributed by atoms with Crippen LogP contribution in [0, 0.1) is 16.7 Å². The first kappa shape index (κ1) is 11.5. The van der Waals surface area contributed by atoms with Crippen molar-refractivity contribution in [3.05, 3.63) is 29.3 Å². The van der Waals surface area contributed by atoms with Crippen LogP contribution in [0.3, 0.4) is 0 Å². The molecule has 1 unspecified atom stereocenters. The minimum absolute atomic E-state index is 0.0159. The van der Waals surface area contributed by atoms with Crippen LogP contribution in [0.25, 0.3) is 0 Å². The van der Waals surface area contributed by atoms with E-state index in [0.29, 0.717) is 13.2 Å². The fourth-order valence-corrected chi connectivity index (χ4v) is 2.77. The van der Waals surface area contributed by atoms with Gasteiger partial charge in [-0.05, 0) is 24.2 Å². The van der Waals surface area contributed by atoms with Crippen molar-refractivity contribution in [1.29, 1.82) is 5.26 Å². The molecule has 1 N–H and O–H groups in total. The molecule has 0 bridgehead atoms. The maximum Gasteiger partial charge on any atom is 0.123 e. The van der Waals surface area contributed by atoms with E-state index in [1.165, 1.54) is 5.56 Å². The Labute approximate surface area is 107 Å². The highest BCUT2D eigenvalue weighted by Gasteiger charge is 2.46.